The summed E-state index contributed by atoms with van der Waals surface area (Å²) < 4.78 is 37.1. The zero-order valence-electron chi connectivity index (χ0n) is 16.2. The second-order valence-electron chi connectivity index (χ2n) is 6.50. The van der Waals surface area contributed by atoms with Gasteiger partial charge in [0.15, 0.2) is 11.5 Å². The van der Waals surface area contributed by atoms with E-state index >= 15 is 0 Å². The summed E-state index contributed by atoms with van der Waals surface area (Å²) in [5, 5.41) is 18.5. The van der Waals surface area contributed by atoms with E-state index in [0.717, 1.165) is 0 Å². The van der Waals surface area contributed by atoms with Crippen LogP contribution in [-0.2, 0) is 0 Å². The Balaban J connectivity index is 1.77. The van der Waals surface area contributed by atoms with Crippen LogP contribution in [0.2, 0.25) is 0 Å². The lowest BCUT2D eigenvalue weighted by molar-refractivity contribution is -0.384. The summed E-state index contributed by atoms with van der Waals surface area (Å²) in [5.41, 5.74) is 1.83. The summed E-state index contributed by atoms with van der Waals surface area (Å²) >= 11 is 0. The Labute approximate surface area is 175 Å². The van der Waals surface area contributed by atoms with Gasteiger partial charge in [-0.05, 0) is 30.7 Å². The van der Waals surface area contributed by atoms with Crippen LogP contribution in [0, 0.1) is 10.1 Å². The summed E-state index contributed by atoms with van der Waals surface area (Å²) in [6.45, 7) is -0.983. The van der Waals surface area contributed by atoms with Crippen molar-refractivity contribution < 1.29 is 23.2 Å². The summed E-state index contributed by atoms with van der Waals surface area (Å²) in [7, 11) is 0. The zero-order chi connectivity index (χ0) is 22.0. The highest BCUT2D eigenvalue weighted by molar-refractivity contribution is 5.78. The van der Waals surface area contributed by atoms with Gasteiger partial charge in [0.2, 0.25) is 5.95 Å². The predicted molar refractivity (Wildman–Crippen MR) is 107 cm³/mol. The summed E-state index contributed by atoms with van der Waals surface area (Å²) in [4.78, 5) is 14.9. The van der Waals surface area contributed by atoms with E-state index in [1.165, 1.54) is 24.5 Å². The molecule has 0 spiro atoms. The van der Waals surface area contributed by atoms with Gasteiger partial charge in [-0.25, -0.2) is 4.68 Å². The number of fused-ring (bicyclic) bond motifs is 1. The van der Waals surface area contributed by atoms with Crippen molar-refractivity contribution in [2.75, 3.05) is 11.9 Å². The van der Waals surface area contributed by atoms with Gasteiger partial charge in [-0.1, -0.05) is 18.2 Å². The minimum Gasteiger partial charge on any atom is -0.490 e. The van der Waals surface area contributed by atoms with E-state index < -0.39 is 17.6 Å². The van der Waals surface area contributed by atoms with E-state index in [0.29, 0.717) is 22.8 Å². The van der Waals surface area contributed by atoms with E-state index in [9.17, 15) is 18.9 Å². The van der Waals surface area contributed by atoms with Crippen LogP contribution in [-0.4, -0.2) is 32.9 Å². The van der Waals surface area contributed by atoms with Crippen molar-refractivity contribution in [2.24, 2.45) is 0 Å². The fourth-order valence-corrected chi connectivity index (χ4v) is 3.30. The van der Waals surface area contributed by atoms with Crippen LogP contribution in [0.1, 0.15) is 24.1 Å². The van der Waals surface area contributed by atoms with Gasteiger partial charge in [0.1, 0.15) is 12.4 Å². The molecule has 0 aliphatic carbocycles. The Bertz CT molecular complexity index is 1150. The molecule has 2 heterocycles. The molecule has 1 N–H and O–H groups in total. The lowest BCUT2D eigenvalue weighted by Crippen LogP contribution is -2.20. The van der Waals surface area contributed by atoms with Crippen molar-refractivity contribution in [3.05, 3.63) is 76.1 Å². The molecular weight excluding hydrogens is 412 g/mol. The number of rotatable bonds is 7. The van der Waals surface area contributed by atoms with E-state index in [4.69, 9.17) is 4.74 Å². The molecule has 0 fully saturated rings. The number of nitrogens with zero attached hydrogens (tertiary/aromatic N) is 4. The van der Waals surface area contributed by atoms with Crippen LogP contribution < -0.4 is 14.8 Å². The molecule has 2 aromatic carbocycles. The van der Waals surface area contributed by atoms with Gasteiger partial charge in [0.05, 0.1) is 11.5 Å². The van der Waals surface area contributed by atoms with Crippen LogP contribution >= 0.6 is 0 Å². The second kappa shape index (κ2) is 8.38. The van der Waals surface area contributed by atoms with E-state index in [2.05, 4.69) is 20.1 Å². The molecule has 0 amide bonds. The smallest absolute Gasteiger partial charge is 0.387 e. The second-order valence-corrected chi connectivity index (χ2v) is 6.50. The molecule has 4 rings (SSSR count). The third-order valence-electron chi connectivity index (χ3n) is 4.60. The number of nitrogens with one attached hydrogen (secondary N) is 1. The lowest BCUT2D eigenvalue weighted by Gasteiger charge is -2.25. The molecule has 160 valence electrons. The van der Waals surface area contributed by atoms with Gasteiger partial charge in [-0.15, -0.1) is 0 Å². The molecule has 0 saturated heterocycles. The largest absolute Gasteiger partial charge is 0.490 e. The maximum Gasteiger partial charge on any atom is 0.387 e. The normalized spacial score (nSPS) is 15.1. The standard InChI is InChI=1S/C20H17F2N5O4/c1-2-30-18-9-13(6-7-17(18)31-19(21)22)16-10-15(25-20-23-11-24-26(16)20)12-4-3-5-14(8-12)27(28)29/h3-11,16,19H,2H2,1H3,(H,23,24,25)/t16-/m1/s1. The van der Waals surface area contributed by atoms with Crippen molar-refractivity contribution in [1.29, 1.82) is 0 Å². The lowest BCUT2D eigenvalue weighted by atomic mass is 10.0. The molecule has 0 saturated carbocycles. The van der Waals surface area contributed by atoms with Crippen LogP contribution in [0.15, 0.2) is 54.9 Å². The number of benzene rings is 2. The number of allylic oxidation sites excluding steroid dienone is 1. The van der Waals surface area contributed by atoms with Gasteiger partial charge in [0, 0.05) is 23.4 Å². The first-order valence-corrected chi connectivity index (χ1v) is 9.31. The SMILES string of the molecule is CCOc1cc([C@H]2C=C(c3cccc([N+](=O)[O-])c3)Nc3ncnn32)ccc1OC(F)F. The number of ether oxygens (including phenoxy) is 2. The molecule has 3 aromatic rings. The average Bonchev–Trinajstić information content (AvgIpc) is 3.23. The van der Waals surface area contributed by atoms with Crippen molar-refractivity contribution in [3.63, 3.8) is 0 Å². The summed E-state index contributed by atoms with van der Waals surface area (Å²) in [6.07, 6.45) is 3.19. The molecule has 9 nitrogen and oxygen atoms in total. The predicted octanol–water partition coefficient (Wildman–Crippen LogP) is 4.24. The van der Waals surface area contributed by atoms with Gasteiger partial charge in [-0.3, -0.25) is 10.1 Å². The van der Waals surface area contributed by atoms with Crippen LogP contribution in [0.25, 0.3) is 5.70 Å². The Hall–Kier alpha value is -4.02. The topological polar surface area (TPSA) is 104 Å². The highest BCUT2D eigenvalue weighted by Crippen LogP contribution is 2.37. The van der Waals surface area contributed by atoms with Gasteiger partial charge >= 0.3 is 6.61 Å². The quantitative estimate of drug-likeness (QED) is 0.442. The minimum atomic E-state index is -2.98. The first-order valence-electron chi connectivity index (χ1n) is 9.31. The number of hydrogen-bond acceptors (Lipinski definition) is 7. The van der Waals surface area contributed by atoms with Crippen LogP contribution in [0.4, 0.5) is 20.4 Å². The fraction of sp³-hybridized carbons (Fsp3) is 0.200. The van der Waals surface area contributed by atoms with Crippen molar-refractivity contribution in [1.82, 2.24) is 14.8 Å². The Morgan fingerprint density at radius 2 is 2.10 bits per heavy atom. The first kappa shape index (κ1) is 20.3. The molecule has 0 radical (unpaired) electrons. The van der Waals surface area contributed by atoms with Gasteiger partial charge < -0.3 is 14.8 Å². The number of anilines is 1. The highest BCUT2D eigenvalue weighted by atomic mass is 19.3. The maximum atomic E-state index is 12.7. The van der Waals surface area contributed by atoms with Crippen LogP contribution in [0.5, 0.6) is 11.5 Å². The number of aromatic nitrogens is 3. The van der Waals surface area contributed by atoms with Crippen LogP contribution in [0.3, 0.4) is 0 Å². The van der Waals surface area contributed by atoms with Crippen molar-refractivity contribution in [3.8, 4) is 11.5 Å². The van der Waals surface area contributed by atoms with E-state index in [1.54, 1.807) is 35.9 Å². The molecule has 31 heavy (non-hydrogen) atoms. The first-order chi connectivity index (χ1) is 15.0. The zero-order valence-corrected chi connectivity index (χ0v) is 16.2. The third kappa shape index (κ3) is 4.15. The number of hydrogen-bond donors (Lipinski definition) is 1. The van der Waals surface area contributed by atoms with Gasteiger partial charge in [0.25, 0.3) is 5.69 Å². The highest BCUT2D eigenvalue weighted by Gasteiger charge is 2.25. The molecule has 0 unspecified atom stereocenters. The number of nitro groups is 1. The monoisotopic (exact) mass is 429 g/mol. The average molecular weight is 429 g/mol. The third-order valence-corrected chi connectivity index (χ3v) is 4.60. The Kier molecular flexibility index (Phi) is 5.48. The molecule has 11 heteroatoms. The molecule has 0 bridgehead atoms. The van der Waals surface area contributed by atoms with Crippen molar-refractivity contribution in [2.45, 2.75) is 19.6 Å². The number of halogens is 2. The van der Waals surface area contributed by atoms with Crippen molar-refractivity contribution >= 4 is 17.3 Å². The number of nitro benzene ring substituents is 1. The number of non-ortho nitro benzene ring substituents is 1. The Morgan fingerprint density at radius 1 is 1.26 bits per heavy atom. The molecule has 1 aromatic heterocycles. The van der Waals surface area contributed by atoms with E-state index in [-0.39, 0.29) is 23.8 Å². The summed E-state index contributed by atoms with van der Waals surface area (Å²) in [6, 6.07) is 10.4. The van der Waals surface area contributed by atoms with E-state index in [1.807, 2.05) is 6.08 Å². The molecule has 1 aliphatic heterocycles. The molecule has 1 atom stereocenters. The molecular formula is C20H17F2N5O4. The number of alkyl halides is 2. The summed E-state index contributed by atoms with van der Waals surface area (Å²) in [5.74, 6) is 0.530. The minimum absolute atomic E-state index is 0.0454. The van der Waals surface area contributed by atoms with Gasteiger partial charge in [-0.2, -0.15) is 18.9 Å². The maximum absolute atomic E-state index is 12.7. The Morgan fingerprint density at radius 3 is 2.84 bits per heavy atom. The fourth-order valence-electron chi connectivity index (χ4n) is 3.30. The molecule has 1 aliphatic rings.